The van der Waals surface area contributed by atoms with Crippen LogP contribution in [0.3, 0.4) is 0 Å². The van der Waals surface area contributed by atoms with Gasteiger partial charge in [-0.2, -0.15) is 4.98 Å². The number of aliphatic hydroxyl groups is 3. The van der Waals surface area contributed by atoms with Gasteiger partial charge in [-0.1, -0.05) is 0 Å². The zero-order valence-electron chi connectivity index (χ0n) is 16.8. The zero-order valence-corrected chi connectivity index (χ0v) is 16.8. The molecule has 31 heavy (non-hydrogen) atoms. The summed E-state index contributed by atoms with van der Waals surface area (Å²) in [6, 6.07) is 3.25. The van der Waals surface area contributed by atoms with Gasteiger partial charge in [0.1, 0.15) is 11.5 Å². The summed E-state index contributed by atoms with van der Waals surface area (Å²) in [5.41, 5.74) is -0.548. The normalized spacial score (nSPS) is 14.3. The molecule has 1 aromatic carbocycles. The number of benzene rings is 1. The Morgan fingerprint density at radius 3 is 2.55 bits per heavy atom. The van der Waals surface area contributed by atoms with Gasteiger partial charge < -0.3 is 25.4 Å². The van der Waals surface area contributed by atoms with Crippen LogP contribution < -0.4 is 15.6 Å². The van der Waals surface area contributed by atoms with Gasteiger partial charge in [-0.05, 0) is 32.0 Å². The van der Waals surface area contributed by atoms with Gasteiger partial charge in [0.25, 0.3) is 5.56 Å². The Hall–Kier alpha value is -3.15. The van der Waals surface area contributed by atoms with Crippen molar-refractivity contribution in [1.82, 2.24) is 14.5 Å². The number of aliphatic hydroxyl groups excluding tert-OH is 3. The summed E-state index contributed by atoms with van der Waals surface area (Å²) in [6.07, 6.45) is -0.453. The number of halogens is 2. The lowest BCUT2D eigenvalue weighted by molar-refractivity contribution is 0.132. The first kappa shape index (κ1) is 22.5. The van der Waals surface area contributed by atoms with E-state index in [1.54, 1.807) is 0 Å². The smallest absolute Gasteiger partial charge is 0.295 e. The monoisotopic (exact) mass is 436 g/mol. The van der Waals surface area contributed by atoms with E-state index < -0.39 is 35.4 Å². The second-order valence-corrected chi connectivity index (χ2v) is 7.10. The van der Waals surface area contributed by atoms with Crippen molar-refractivity contribution in [3.05, 3.63) is 52.5 Å². The summed E-state index contributed by atoms with van der Waals surface area (Å²) < 4.78 is 33.6. The molecular weight excluding hydrogens is 414 g/mol. The third kappa shape index (κ3) is 5.13. The molecular formula is C20H22F2N4O5. The molecule has 3 rings (SSSR count). The highest BCUT2D eigenvalue weighted by molar-refractivity contribution is 5.77. The van der Waals surface area contributed by atoms with Crippen molar-refractivity contribution >= 4 is 17.0 Å². The van der Waals surface area contributed by atoms with Gasteiger partial charge in [-0.3, -0.25) is 9.36 Å². The summed E-state index contributed by atoms with van der Waals surface area (Å²) in [7, 11) is 0. The number of pyridine rings is 1. The largest absolute Gasteiger partial charge is 0.448 e. The highest BCUT2D eigenvalue weighted by Gasteiger charge is 2.19. The Morgan fingerprint density at radius 1 is 1.19 bits per heavy atom. The fourth-order valence-corrected chi connectivity index (χ4v) is 2.87. The molecule has 0 aliphatic carbocycles. The van der Waals surface area contributed by atoms with Crippen LogP contribution in [0.25, 0.3) is 11.0 Å². The molecule has 2 heterocycles. The molecule has 3 atom stereocenters. The number of nitrogens with one attached hydrogen (secondary N) is 1. The topological polar surface area (TPSA) is 130 Å². The van der Waals surface area contributed by atoms with Crippen molar-refractivity contribution in [2.75, 3.05) is 11.9 Å². The summed E-state index contributed by atoms with van der Waals surface area (Å²) in [6.45, 7) is 2.43. The molecule has 0 spiro atoms. The second-order valence-electron chi connectivity index (χ2n) is 7.10. The van der Waals surface area contributed by atoms with Crippen LogP contribution in [0, 0.1) is 11.6 Å². The fourth-order valence-electron chi connectivity index (χ4n) is 2.87. The maximum atomic E-state index is 14.0. The maximum Gasteiger partial charge on any atom is 0.295 e. The molecule has 0 fully saturated rings. The lowest BCUT2D eigenvalue weighted by atomic mass is 10.2. The average molecular weight is 436 g/mol. The Balaban J connectivity index is 2.09. The van der Waals surface area contributed by atoms with E-state index in [0.29, 0.717) is 11.5 Å². The first-order chi connectivity index (χ1) is 14.7. The van der Waals surface area contributed by atoms with Gasteiger partial charge in [0, 0.05) is 17.6 Å². The highest BCUT2D eigenvalue weighted by atomic mass is 19.1. The van der Waals surface area contributed by atoms with Crippen molar-refractivity contribution in [1.29, 1.82) is 0 Å². The van der Waals surface area contributed by atoms with E-state index in [1.165, 1.54) is 26.1 Å². The molecule has 11 heteroatoms. The van der Waals surface area contributed by atoms with Gasteiger partial charge in [-0.15, -0.1) is 0 Å². The van der Waals surface area contributed by atoms with Gasteiger partial charge in [0.05, 0.1) is 31.4 Å². The number of aromatic nitrogens is 3. The number of hydrogen-bond donors (Lipinski definition) is 4. The van der Waals surface area contributed by atoms with E-state index in [0.717, 1.165) is 16.7 Å². The number of anilines is 1. The first-order valence-electron chi connectivity index (χ1n) is 9.46. The standard InChI is InChI=1S/C20H22F2N4O5/c1-10(28)8-26-18-12(7-23-20(25-18)24-15(9-27)11(2)29)5-17(19(26)30)31-16-4-3-13(21)6-14(16)22/h3-7,10-11,15,27-29H,8-9H2,1-2H3,(H,23,24,25)/t10?,11-,15-/m1/s1. The predicted molar refractivity (Wildman–Crippen MR) is 108 cm³/mol. The Morgan fingerprint density at radius 2 is 1.94 bits per heavy atom. The summed E-state index contributed by atoms with van der Waals surface area (Å²) in [4.78, 5) is 21.3. The van der Waals surface area contributed by atoms with Crippen LogP contribution in [-0.4, -0.2) is 54.7 Å². The maximum absolute atomic E-state index is 14.0. The molecule has 1 unspecified atom stereocenters. The minimum Gasteiger partial charge on any atom is -0.448 e. The summed E-state index contributed by atoms with van der Waals surface area (Å²) in [5, 5.41) is 32.0. The Labute approximate surface area is 175 Å². The van der Waals surface area contributed by atoms with Crippen molar-refractivity contribution in [3.8, 4) is 11.5 Å². The van der Waals surface area contributed by atoms with Crippen LogP contribution in [0.1, 0.15) is 13.8 Å². The van der Waals surface area contributed by atoms with E-state index in [-0.39, 0.29) is 36.2 Å². The summed E-state index contributed by atoms with van der Waals surface area (Å²) in [5.74, 6) is -2.33. The molecule has 2 aromatic heterocycles. The van der Waals surface area contributed by atoms with E-state index in [2.05, 4.69) is 15.3 Å². The number of hydrogen-bond acceptors (Lipinski definition) is 8. The van der Waals surface area contributed by atoms with Crippen molar-refractivity contribution in [3.63, 3.8) is 0 Å². The predicted octanol–water partition coefficient (Wildman–Crippen LogP) is 1.40. The van der Waals surface area contributed by atoms with Crippen LogP contribution in [0.2, 0.25) is 0 Å². The van der Waals surface area contributed by atoms with Crippen molar-refractivity contribution in [2.24, 2.45) is 0 Å². The van der Waals surface area contributed by atoms with Gasteiger partial charge >= 0.3 is 0 Å². The van der Waals surface area contributed by atoms with Crippen LogP contribution in [0.5, 0.6) is 11.5 Å². The molecule has 0 amide bonds. The number of nitrogens with zero attached hydrogens (tertiary/aromatic N) is 3. The van der Waals surface area contributed by atoms with Gasteiger partial charge in [-0.25, -0.2) is 13.8 Å². The SMILES string of the molecule is CC(O)Cn1c(=O)c(Oc2ccc(F)cc2F)cc2cnc(N[C@H](CO)[C@@H](C)O)nc21. The second kappa shape index (κ2) is 9.33. The molecule has 0 radical (unpaired) electrons. The van der Waals surface area contributed by atoms with Crippen molar-refractivity contribution in [2.45, 2.75) is 38.6 Å². The van der Waals surface area contributed by atoms with Crippen LogP contribution >= 0.6 is 0 Å². The third-order valence-electron chi connectivity index (χ3n) is 4.45. The summed E-state index contributed by atoms with van der Waals surface area (Å²) >= 11 is 0. The minimum absolute atomic E-state index is 0.0458. The number of fused-ring (bicyclic) bond motifs is 1. The number of rotatable bonds is 8. The van der Waals surface area contributed by atoms with Crippen molar-refractivity contribution < 1.29 is 28.8 Å². The quantitative estimate of drug-likeness (QED) is 0.417. The van der Waals surface area contributed by atoms with Crippen LogP contribution in [-0.2, 0) is 6.54 Å². The Kier molecular flexibility index (Phi) is 6.78. The van der Waals surface area contributed by atoms with E-state index in [1.807, 2.05) is 0 Å². The molecule has 166 valence electrons. The van der Waals surface area contributed by atoms with Crippen LogP contribution in [0.15, 0.2) is 35.3 Å². The van der Waals surface area contributed by atoms with E-state index >= 15 is 0 Å². The van der Waals surface area contributed by atoms with E-state index in [4.69, 9.17) is 4.74 Å². The molecule has 9 nitrogen and oxygen atoms in total. The molecule has 0 aliphatic heterocycles. The Bertz CT molecular complexity index is 1140. The molecule has 4 N–H and O–H groups in total. The van der Waals surface area contributed by atoms with Gasteiger partial charge in [0.15, 0.2) is 17.3 Å². The molecule has 0 saturated heterocycles. The lowest BCUT2D eigenvalue weighted by Gasteiger charge is -2.19. The lowest BCUT2D eigenvalue weighted by Crippen LogP contribution is -2.35. The highest BCUT2D eigenvalue weighted by Crippen LogP contribution is 2.25. The average Bonchev–Trinajstić information content (AvgIpc) is 2.70. The van der Waals surface area contributed by atoms with E-state index in [9.17, 15) is 28.9 Å². The first-order valence-corrected chi connectivity index (χ1v) is 9.46. The molecule has 0 saturated carbocycles. The molecule has 0 aliphatic rings. The molecule has 0 bridgehead atoms. The van der Waals surface area contributed by atoms with Crippen LogP contribution in [0.4, 0.5) is 14.7 Å². The minimum atomic E-state index is -0.981. The molecule has 3 aromatic rings. The fraction of sp³-hybridized carbons (Fsp3) is 0.350. The number of ether oxygens (including phenoxy) is 1. The zero-order chi connectivity index (χ0) is 22.7. The third-order valence-corrected chi connectivity index (χ3v) is 4.45. The van der Waals surface area contributed by atoms with Gasteiger partial charge in [0.2, 0.25) is 5.95 Å².